The number of hydrogen-bond donors (Lipinski definition) is 0. The number of benzene rings is 9. The lowest BCUT2D eigenvalue weighted by Gasteiger charge is -2.23. The van der Waals surface area contributed by atoms with Crippen LogP contribution in [0.3, 0.4) is 0 Å². The summed E-state index contributed by atoms with van der Waals surface area (Å²) in [4.78, 5) is 0. The van der Waals surface area contributed by atoms with Crippen molar-refractivity contribution in [1.82, 2.24) is 0 Å². The standard InChI is InChI=1S/C58H46O4/c1-59-43-29-21-39(22-30-43)47-13-5-9-17-51(47)55-37-57(53-19-11-7-15-49(53)41-25-33-45(61-3)34-26-41)58(54-20-12-8-16-50(54)42-27-35-46(62-4)36-28-42)38-56(55)52-18-10-6-14-48(52)40-23-31-44(60-2)32-24-40/h5-38H,1-4H3. The number of ether oxygens (including phenoxy) is 4. The number of hydrogen-bond acceptors (Lipinski definition) is 4. The fraction of sp³-hybridized carbons (Fsp3) is 0.0690. The Labute approximate surface area is 364 Å². The predicted octanol–water partition coefficient (Wildman–Crippen LogP) is 15.1. The van der Waals surface area contributed by atoms with E-state index >= 15 is 0 Å². The number of methoxy groups -OCH3 is 4. The van der Waals surface area contributed by atoms with Gasteiger partial charge in [0.1, 0.15) is 23.0 Å². The molecule has 9 aromatic rings. The molecule has 0 unspecified atom stereocenters. The van der Waals surface area contributed by atoms with Crippen molar-refractivity contribution >= 4 is 0 Å². The maximum atomic E-state index is 5.58. The summed E-state index contributed by atoms with van der Waals surface area (Å²) in [6, 6.07) is 73.1. The second-order valence-corrected chi connectivity index (χ2v) is 15.0. The molecule has 0 saturated heterocycles. The van der Waals surface area contributed by atoms with Gasteiger partial charge in [-0.25, -0.2) is 0 Å². The molecule has 9 aromatic carbocycles. The van der Waals surface area contributed by atoms with Crippen LogP contribution in [0.25, 0.3) is 89.0 Å². The van der Waals surface area contributed by atoms with E-state index in [2.05, 4.69) is 158 Å². The molecule has 0 N–H and O–H groups in total. The van der Waals surface area contributed by atoms with Gasteiger partial charge in [0.15, 0.2) is 0 Å². The summed E-state index contributed by atoms with van der Waals surface area (Å²) in [6.07, 6.45) is 0. The molecule has 0 atom stereocenters. The zero-order valence-electron chi connectivity index (χ0n) is 35.3. The molecule has 0 aromatic heterocycles. The van der Waals surface area contributed by atoms with E-state index in [1.807, 2.05) is 48.5 Å². The predicted molar refractivity (Wildman–Crippen MR) is 256 cm³/mol. The Bertz CT molecular complexity index is 2560. The van der Waals surface area contributed by atoms with Gasteiger partial charge in [-0.1, -0.05) is 146 Å². The smallest absolute Gasteiger partial charge is 0.118 e. The lowest BCUT2D eigenvalue weighted by Crippen LogP contribution is -1.97. The van der Waals surface area contributed by atoms with E-state index in [4.69, 9.17) is 18.9 Å². The maximum Gasteiger partial charge on any atom is 0.118 e. The Balaban J connectivity index is 1.40. The number of rotatable bonds is 12. The van der Waals surface area contributed by atoms with Crippen molar-refractivity contribution in [3.05, 3.63) is 206 Å². The van der Waals surface area contributed by atoms with E-state index in [1.54, 1.807) is 28.4 Å². The van der Waals surface area contributed by atoms with Crippen molar-refractivity contribution in [2.24, 2.45) is 0 Å². The Morgan fingerprint density at radius 1 is 0.194 bits per heavy atom. The summed E-state index contributed by atoms with van der Waals surface area (Å²) in [5, 5.41) is 0. The molecular weight excluding hydrogens is 761 g/mol. The molecule has 0 saturated carbocycles. The highest BCUT2D eigenvalue weighted by atomic mass is 16.5. The maximum absolute atomic E-state index is 5.58. The van der Waals surface area contributed by atoms with Crippen LogP contribution in [0.4, 0.5) is 0 Å². The fourth-order valence-electron chi connectivity index (χ4n) is 8.45. The lowest BCUT2D eigenvalue weighted by atomic mass is 9.80. The first-order valence-electron chi connectivity index (χ1n) is 20.7. The van der Waals surface area contributed by atoms with Gasteiger partial charge in [0.25, 0.3) is 0 Å². The first-order chi connectivity index (χ1) is 30.6. The van der Waals surface area contributed by atoms with Crippen LogP contribution in [0.5, 0.6) is 23.0 Å². The highest BCUT2D eigenvalue weighted by Gasteiger charge is 2.23. The van der Waals surface area contributed by atoms with E-state index < -0.39 is 0 Å². The van der Waals surface area contributed by atoms with Crippen LogP contribution in [0.1, 0.15) is 0 Å². The van der Waals surface area contributed by atoms with Crippen LogP contribution in [0.15, 0.2) is 206 Å². The second kappa shape index (κ2) is 17.8. The SMILES string of the molecule is COc1ccc(-c2ccccc2-c2cc(-c3ccccc3-c3ccc(OC)cc3)c(-c3ccccc3-c3ccc(OC)cc3)cc2-c2ccccc2-c2ccc(OC)cc2)cc1. The molecule has 0 bridgehead atoms. The largest absolute Gasteiger partial charge is 0.497 e. The van der Waals surface area contributed by atoms with E-state index in [-0.39, 0.29) is 0 Å². The molecule has 4 nitrogen and oxygen atoms in total. The summed E-state index contributed by atoms with van der Waals surface area (Å²) in [7, 11) is 6.81. The molecule has 9 rings (SSSR count). The Morgan fingerprint density at radius 3 is 0.548 bits per heavy atom. The van der Waals surface area contributed by atoms with Crippen molar-refractivity contribution < 1.29 is 18.9 Å². The summed E-state index contributed by atoms with van der Waals surface area (Å²) >= 11 is 0. The van der Waals surface area contributed by atoms with Gasteiger partial charge in [0.05, 0.1) is 28.4 Å². The summed E-state index contributed by atoms with van der Waals surface area (Å²) in [6.45, 7) is 0. The first kappa shape index (κ1) is 39.6. The molecule has 0 radical (unpaired) electrons. The third kappa shape index (κ3) is 7.82. The molecule has 302 valence electrons. The van der Waals surface area contributed by atoms with Gasteiger partial charge < -0.3 is 18.9 Å². The van der Waals surface area contributed by atoms with Crippen molar-refractivity contribution in [2.45, 2.75) is 0 Å². The van der Waals surface area contributed by atoms with Gasteiger partial charge >= 0.3 is 0 Å². The molecule has 0 fully saturated rings. The zero-order valence-corrected chi connectivity index (χ0v) is 35.3. The van der Waals surface area contributed by atoms with Crippen molar-refractivity contribution in [2.75, 3.05) is 28.4 Å². The van der Waals surface area contributed by atoms with Gasteiger partial charge in [-0.3, -0.25) is 0 Å². The summed E-state index contributed by atoms with van der Waals surface area (Å²) in [5.74, 6) is 3.27. The topological polar surface area (TPSA) is 36.9 Å². The molecule has 0 aliphatic heterocycles. The molecular formula is C58H46O4. The first-order valence-corrected chi connectivity index (χ1v) is 20.7. The minimum Gasteiger partial charge on any atom is -0.497 e. The van der Waals surface area contributed by atoms with Crippen LogP contribution < -0.4 is 18.9 Å². The van der Waals surface area contributed by atoms with Crippen molar-refractivity contribution in [3.8, 4) is 112 Å². The average molecular weight is 807 g/mol. The highest BCUT2D eigenvalue weighted by Crippen LogP contribution is 2.49. The Kier molecular flexibility index (Phi) is 11.4. The third-order valence-corrected chi connectivity index (χ3v) is 11.6. The molecule has 4 heteroatoms. The van der Waals surface area contributed by atoms with Gasteiger partial charge in [0, 0.05) is 0 Å². The van der Waals surface area contributed by atoms with E-state index in [9.17, 15) is 0 Å². The fourth-order valence-corrected chi connectivity index (χ4v) is 8.45. The minimum atomic E-state index is 0.817. The minimum absolute atomic E-state index is 0.817. The van der Waals surface area contributed by atoms with Crippen molar-refractivity contribution in [3.63, 3.8) is 0 Å². The van der Waals surface area contributed by atoms with Gasteiger partial charge in [-0.15, -0.1) is 0 Å². The Hall–Kier alpha value is -7.82. The third-order valence-electron chi connectivity index (χ3n) is 11.6. The molecule has 0 spiro atoms. The van der Waals surface area contributed by atoms with Crippen LogP contribution in [0.2, 0.25) is 0 Å². The zero-order chi connectivity index (χ0) is 42.4. The van der Waals surface area contributed by atoms with Crippen molar-refractivity contribution in [1.29, 1.82) is 0 Å². The summed E-state index contributed by atoms with van der Waals surface area (Å²) < 4.78 is 22.3. The van der Waals surface area contributed by atoms with Crippen LogP contribution >= 0.6 is 0 Å². The van der Waals surface area contributed by atoms with E-state index in [0.717, 1.165) is 112 Å². The van der Waals surface area contributed by atoms with Gasteiger partial charge in [0.2, 0.25) is 0 Å². The molecule has 0 heterocycles. The second-order valence-electron chi connectivity index (χ2n) is 15.0. The Morgan fingerprint density at radius 2 is 0.371 bits per heavy atom. The monoisotopic (exact) mass is 806 g/mol. The van der Waals surface area contributed by atoms with E-state index in [0.29, 0.717) is 0 Å². The highest BCUT2D eigenvalue weighted by molar-refractivity contribution is 6.04. The lowest BCUT2D eigenvalue weighted by molar-refractivity contribution is 0.415. The summed E-state index contributed by atoms with van der Waals surface area (Å²) in [5.41, 5.74) is 17.8. The molecule has 0 aliphatic rings. The molecule has 0 aliphatic carbocycles. The van der Waals surface area contributed by atoms with Crippen LogP contribution in [-0.4, -0.2) is 28.4 Å². The average Bonchev–Trinajstić information content (AvgIpc) is 3.36. The molecule has 0 amide bonds. The normalized spacial score (nSPS) is 10.9. The van der Waals surface area contributed by atoms with Crippen LogP contribution in [0, 0.1) is 0 Å². The van der Waals surface area contributed by atoms with Gasteiger partial charge in [-0.2, -0.15) is 0 Å². The van der Waals surface area contributed by atoms with E-state index in [1.165, 1.54) is 0 Å². The molecule has 62 heavy (non-hydrogen) atoms. The van der Waals surface area contributed by atoms with Gasteiger partial charge in [-0.05, 0) is 150 Å². The quantitative estimate of drug-likeness (QED) is 0.123. The van der Waals surface area contributed by atoms with Crippen LogP contribution in [-0.2, 0) is 0 Å².